The number of halogens is 1. The van der Waals surface area contributed by atoms with Gasteiger partial charge in [-0.3, -0.25) is 0 Å². The van der Waals surface area contributed by atoms with Crippen molar-refractivity contribution in [1.29, 1.82) is 0 Å². The molecule has 0 fully saturated rings. The normalized spacial score (nSPS) is 17.1. The molecule has 2 aromatic carbocycles. The standard InChI is InChI=1S/C17H17Br/c1-12(18)11-17(2)15-9-5-3-7-13(15)14-8-4-6-10-16(14)17/h3-10,12H,11H2,1-2H3. The number of benzene rings is 2. The Morgan fingerprint density at radius 2 is 1.39 bits per heavy atom. The topological polar surface area (TPSA) is 0 Å². The van der Waals surface area contributed by atoms with Crippen molar-refractivity contribution in [3.8, 4) is 11.1 Å². The molecule has 2 aromatic rings. The maximum absolute atomic E-state index is 3.72. The summed E-state index contributed by atoms with van der Waals surface area (Å²) in [6.07, 6.45) is 1.13. The van der Waals surface area contributed by atoms with E-state index in [-0.39, 0.29) is 5.41 Å². The van der Waals surface area contributed by atoms with E-state index in [2.05, 4.69) is 78.3 Å². The second kappa shape index (κ2) is 4.24. The third-order valence-electron chi connectivity index (χ3n) is 4.02. The van der Waals surface area contributed by atoms with Crippen molar-refractivity contribution in [3.63, 3.8) is 0 Å². The molecule has 0 N–H and O–H groups in total. The molecule has 1 atom stereocenters. The second-order valence-electron chi connectivity index (χ2n) is 5.41. The smallest absolute Gasteiger partial charge is 0.0197 e. The molecule has 0 nitrogen and oxygen atoms in total. The minimum Gasteiger partial charge on any atom is -0.0893 e. The first kappa shape index (κ1) is 12.0. The van der Waals surface area contributed by atoms with E-state index in [1.807, 2.05) is 0 Å². The summed E-state index contributed by atoms with van der Waals surface area (Å²) in [5.41, 5.74) is 5.89. The quantitative estimate of drug-likeness (QED) is 0.673. The summed E-state index contributed by atoms with van der Waals surface area (Å²) in [5, 5.41) is 0. The largest absolute Gasteiger partial charge is 0.0893 e. The van der Waals surface area contributed by atoms with Gasteiger partial charge in [-0.25, -0.2) is 0 Å². The summed E-state index contributed by atoms with van der Waals surface area (Å²) in [5.74, 6) is 0. The summed E-state index contributed by atoms with van der Waals surface area (Å²) in [6, 6.07) is 17.6. The summed E-state index contributed by atoms with van der Waals surface area (Å²) in [4.78, 5) is 0.515. The predicted molar refractivity (Wildman–Crippen MR) is 81.3 cm³/mol. The van der Waals surface area contributed by atoms with Crippen LogP contribution in [0, 0.1) is 0 Å². The van der Waals surface area contributed by atoms with Gasteiger partial charge in [0, 0.05) is 10.2 Å². The first-order chi connectivity index (χ1) is 8.63. The molecule has 0 aromatic heterocycles. The van der Waals surface area contributed by atoms with E-state index >= 15 is 0 Å². The molecule has 0 spiro atoms. The lowest BCUT2D eigenvalue weighted by Crippen LogP contribution is -2.23. The average Bonchev–Trinajstić information content (AvgIpc) is 2.61. The molecule has 1 aliphatic rings. The van der Waals surface area contributed by atoms with Crippen molar-refractivity contribution in [3.05, 3.63) is 59.7 Å². The Labute approximate surface area is 117 Å². The van der Waals surface area contributed by atoms with Crippen LogP contribution in [0.3, 0.4) is 0 Å². The van der Waals surface area contributed by atoms with E-state index < -0.39 is 0 Å². The fourth-order valence-electron chi connectivity index (χ4n) is 3.33. The van der Waals surface area contributed by atoms with Crippen LogP contribution in [0.2, 0.25) is 0 Å². The van der Waals surface area contributed by atoms with Gasteiger partial charge in [0.25, 0.3) is 0 Å². The van der Waals surface area contributed by atoms with Crippen molar-refractivity contribution in [2.75, 3.05) is 0 Å². The zero-order valence-electron chi connectivity index (χ0n) is 10.8. The summed E-state index contributed by atoms with van der Waals surface area (Å²) < 4.78 is 0. The van der Waals surface area contributed by atoms with Crippen LogP contribution in [0.1, 0.15) is 31.4 Å². The molecule has 0 aliphatic heterocycles. The molecule has 0 saturated heterocycles. The van der Waals surface area contributed by atoms with Gasteiger partial charge in [-0.05, 0) is 28.7 Å². The Bertz CT molecular complexity index is 538. The highest BCUT2D eigenvalue weighted by atomic mass is 79.9. The van der Waals surface area contributed by atoms with Crippen molar-refractivity contribution in [2.45, 2.75) is 30.5 Å². The third-order valence-corrected chi connectivity index (χ3v) is 4.35. The Balaban J connectivity index is 2.27. The Morgan fingerprint density at radius 1 is 0.944 bits per heavy atom. The fraction of sp³-hybridized carbons (Fsp3) is 0.294. The van der Waals surface area contributed by atoms with Crippen LogP contribution < -0.4 is 0 Å². The molecule has 0 radical (unpaired) electrons. The molecule has 1 unspecified atom stereocenters. The van der Waals surface area contributed by atoms with E-state index in [4.69, 9.17) is 0 Å². The summed E-state index contributed by atoms with van der Waals surface area (Å²) >= 11 is 3.72. The van der Waals surface area contributed by atoms with E-state index in [1.165, 1.54) is 22.3 Å². The van der Waals surface area contributed by atoms with Gasteiger partial charge in [0.1, 0.15) is 0 Å². The fourth-order valence-corrected chi connectivity index (χ4v) is 3.97. The van der Waals surface area contributed by atoms with Crippen LogP contribution >= 0.6 is 15.9 Å². The first-order valence-electron chi connectivity index (χ1n) is 6.46. The lowest BCUT2D eigenvalue weighted by molar-refractivity contribution is 0.535. The molecule has 0 heterocycles. The van der Waals surface area contributed by atoms with E-state index in [0.717, 1.165) is 6.42 Å². The maximum atomic E-state index is 3.72. The number of fused-ring (bicyclic) bond motifs is 3. The van der Waals surface area contributed by atoms with Gasteiger partial charge in [-0.2, -0.15) is 0 Å². The average molecular weight is 301 g/mol. The van der Waals surface area contributed by atoms with Gasteiger partial charge in [0.15, 0.2) is 0 Å². The Kier molecular flexibility index (Phi) is 2.82. The highest BCUT2D eigenvalue weighted by molar-refractivity contribution is 9.09. The third kappa shape index (κ3) is 1.65. The number of rotatable bonds is 2. The minimum atomic E-state index is 0.135. The Hall–Kier alpha value is -1.08. The molecular formula is C17H17Br. The summed E-state index contributed by atoms with van der Waals surface area (Å²) in [7, 11) is 0. The summed E-state index contributed by atoms with van der Waals surface area (Å²) in [6.45, 7) is 4.60. The number of hydrogen-bond donors (Lipinski definition) is 0. The van der Waals surface area contributed by atoms with E-state index in [9.17, 15) is 0 Å². The zero-order valence-corrected chi connectivity index (χ0v) is 12.4. The molecular weight excluding hydrogens is 284 g/mol. The lowest BCUT2D eigenvalue weighted by atomic mass is 9.77. The predicted octanol–water partition coefficient (Wildman–Crippen LogP) is 5.15. The molecule has 1 heteroatoms. The lowest BCUT2D eigenvalue weighted by Gasteiger charge is -2.28. The van der Waals surface area contributed by atoms with Crippen LogP contribution in [0.4, 0.5) is 0 Å². The van der Waals surface area contributed by atoms with Gasteiger partial charge < -0.3 is 0 Å². The second-order valence-corrected chi connectivity index (χ2v) is 6.97. The minimum absolute atomic E-state index is 0.135. The molecule has 92 valence electrons. The van der Waals surface area contributed by atoms with Crippen molar-refractivity contribution >= 4 is 15.9 Å². The highest BCUT2D eigenvalue weighted by Gasteiger charge is 2.39. The number of alkyl halides is 1. The van der Waals surface area contributed by atoms with Gasteiger partial charge in [-0.15, -0.1) is 0 Å². The first-order valence-corrected chi connectivity index (χ1v) is 7.38. The molecule has 1 aliphatic carbocycles. The monoisotopic (exact) mass is 300 g/mol. The van der Waals surface area contributed by atoms with Crippen molar-refractivity contribution in [1.82, 2.24) is 0 Å². The molecule has 0 saturated carbocycles. The SMILES string of the molecule is CC(Br)CC1(C)c2ccccc2-c2ccccc21. The van der Waals surface area contributed by atoms with Gasteiger partial charge in [0.05, 0.1) is 0 Å². The van der Waals surface area contributed by atoms with E-state index in [1.54, 1.807) is 0 Å². The molecule has 0 bridgehead atoms. The molecule has 0 amide bonds. The van der Waals surface area contributed by atoms with Gasteiger partial charge in [0.2, 0.25) is 0 Å². The van der Waals surface area contributed by atoms with Gasteiger partial charge >= 0.3 is 0 Å². The van der Waals surface area contributed by atoms with Crippen LogP contribution in [-0.4, -0.2) is 4.83 Å². The maximum Gasteiger partial charge on any atom is 0.0197 e. The molecule has 3 rings (SSSR count). The van der Waals surface area contributed by atoms with Crippen LogP contribution in [0.5, 0.6) is 0 Å². The van der Waals surface area contributed by atoms with Gasteiger partial charge in [-0.1, -0.05) is 78.3 Å². The number of hydrogen-bond acceptors (Lipinski definition) is 0. The van der Waals surface area contributed by atoms with Crippen LogP contribution in [0.15, 0.2) is 48.5 Å². The van der Waals surface area contributed by atoms with Crippen LogP contribution in [-0.2, 0) is 5.41 Å². The zero-order chi connectivity index (χ0) is 12.8. The highest BCUT2D eigenvalue weighted by Crippen LogP contribution is 2.51. The van der Waals surface area contributed by atoms with Crippen molar-refractivity contribution in [2.24, 2.45) is 0 Å². The molecule has 18 heavy (non-hydrogen) atoms. The van der Waals surface area contributed by atoms with Crippen LogP contribution in [0.25, 0.3) is 11.1 Å². The Morgan fingerprint density at radius 3 is 1.83 bits per heavy atom. The van der Waals surface area contributed by atoms with E-state index in [0.29, 0.717) is 4.83 Å². The van der Waals surface area contributed by atoms with Crippen molar-refractivity contribution < 1.29 is 0 Å².